The molecule has 1 N–H and O–H groups in total. The first-order chi connectivity index (χ1) is 13.0. The van der Waals surface area contributed by atoms with E-state index in [1.807, 2.05) is 43.3 Å². The van der Waals surface area contributed by atoms with Crippen molar-refractivity contribution < 1.29 is 9.59 Å². The maximum absolute atomic E-state index is 13.0. The van der Waals surface area contributed by atoms with Crippen LogP contribution in [-0.2, 0) is 9.59 Å². The SMILES string of the molecule is Cc1ccc(NC2=C(Cl)C(=O)N(c3cccc4ccccc34)C2=O)cc1Cl. The first-order valence-corrected chi connectivity index (χ1v) is 9.02. The van der Waals surface area contributed by atoms with Crippen molar-refractivity contribution in [2.24, 2.45) is 0 Å². The standard InChI is InChI=1S/C21H14Cl2N2O2/c1-12-9-10-14(11-16(12)22)24-19-18(23)20(26)25(21(19)27)17-8-4-6-13-5-2-3-7-15(13)17/h2-11,24H,1H3. The fourth-order valence-corrected chi connectivity index (χ4v) is 3.44. The van der Waals surface area contributed by atoms with E-state index in [0.29, 0.717) is 16.4 Å². The molecule has 4 rings (SSSR count). The van der Waals surface area contributed by atoms with Crippen LogP contribution >= 0.6 is 23.2 Å². The van der Waals surface area contributed by atoms with Crippen LogP contribution in [0.25, 0.3) is 10.8 Å². The molecule has 6 heteroatoms. The molecule has 0 atom stereocenters. The summed E-state index contributed by atoms with van der Waals surface area (Å²) in [5.74, 6) is -1.06. The number of imide groups is 1. The van der Waals surface area contributed by atoms with Crippen molar-refractivity contribution in [2.75, 3.05) is 10.2 Å². The third-order valence-electron chi connectivity index (χ3n) is 4.48. The molecule has 0 aromatic heterocycles. The van der Waals surface area contributed by atoms with Gasteiger partial charge in [-0.15, -0.1) is 0 Å². The van der Waals surface area contributed by atoms with Crippen molar-refractivity contribution >= 4 is 57.2 Å². The molecule has 1 aliphatic rings. The number of fused-ring (bicyclic) bond motifs is 1. The van der Waals surface area contributed by atoms with Gasteiger partial charge < -0.3 is 5.32 Å². The van der Waals surface area contributed by atoms with Crippen molar-refractivity contribution in [3.8, 4) is 0 Å². The van der Waals surface area contributed by atoms with E-state index < -0.39 is 11.8 Å². The Labute approximate surface area is 166 Å². The maximum atomic E-state index is 13.0. The Morgan fingerprint density at radius 3 is 2.41 bits per heavy atom. The summed E-state index contributed by atoms with van der Waals surface area (Å²) in [5, 5.41) is 5.07. The van der Waals surface area contributed by atoms with Gasteiger partial charge in [-0.2, -0.15) is 0 Å². The van der Waals surface area contributed by atoms with Crippen LogP contribution in [0.4, 0.5) is 11.4 Å². The normalized spacial score (nSPS) is 14.4. The molecule has 27 heavy (non-hydrogen) atoms. The number of halogens is 2. The Kier molecular flexibility index (Phi) is 4.38. The van der Waals surface area contributed by atoms with E-state index in [1.54, 1.807) is 24.3 Å². The lowest BCUT2D eigenvalue weighted by Crippen LogP contribution is -2.32. The average molecular weight is 397 g/mol. The lowest BCUT2D eigenvalue weighted by atomic mass is 10.1. The quantitative estimate of drug-likeness (QED) is 0.616. The monoisotopic (exact) mass is 396 g/mol. The molecule has 3 aromatic carbocycles. The molecule has 3 aromatic rings. The number of nitrogens with zero attached hydrogens (tertiary/aromatic N) is 1. The molecule has 0 bridgehead atoms. The number of amides is 2. The van der Waals surface area contributed by atoms with Crippen LogP contribution in [0.15, 0.2) is 71.4 Å². The smallest absolute Gasteiger partial charge is 0.283 e. The molecule has 0 unspecified atom stereocenters. The van der Waals surface area contributed by atoms with Crippen LogP contribution in [-0.4, -0.2) is 11.8 Å². The molecular formula is C21H14Cl2N2O2. The summed E-state index contributed by atoms with van der Waals surface area (Å²) in [4.78, 5) is 26.8. The Balaban J connectivity index is 1.73. The Hall–Kier alpha value is -2.82. The summed E-state index contributed by atoms with van der Waals surface area (Å²) in [6.07, 6.45) is 0. The van der Waals surface area contributed by atoms with Crippen LogP contribution < -0.4 is 10.2 Å². The first-order valence-electron chi connectivity index (χ1n) is 8.27. The van der Waals surface area contributed by atoms with Gasteiger partial charge in [-0.05, 0) is 36.1 Å². The minimum absolute atomic E-state index is 0.0366. The third-order valence-corrected chi connectivity index (χ3v) is 5.23. The Morgan fingerprint density at radius 2 is 1.63 bits per heavy atom. The first kappa shape index (κ1) is 17.6. The molecule has 1 heterocycles. The highest BCUT2D eigenvalue weighted by atomic mass is 35.5. The van der Waals surface area contributed by atoms with E-state index >= 15 is 0 Å². The van der Waals surface area contributed by atoms with Crippen LogP contribution in [0, 0.1) is 6.92 Å². The van der Waals surface area contributed by atoms with Crippen LogP contribution in [0.1, 0.15) is 5.56 Å². The molecule has 4 nitrogen and oxygen atoms in total. The Bertz CT molecular complexity index is 1130. The van der Waals surface area contributed by atoms with Crippen molar-refractivity contribution in [3.05, 3.63) is 82.0 Å². The predicted molar refractivity (Wildman–Crippen MR) is 109 cm³/mol. The Morgan fingerprint density at radius 1 is 0.889 bits per heavy atom. The van der Waals surface area contributed by atoms with E-state index in [-0.39, 0.29) is 10.7 Å². The number of benzene rings is 3. The summed E-state index contributed by atoms with van der Waals surface area (Å²) in [6.45, 7) is 1.88. The largest absolute Gasteiger partial charge is 0.350 e. The molecule has 2 amide bonds. The van der Waals surface area contributed by atoms with E-state index in [0.717, 1.165) is 21.2 Å². The zero-order chi connectivity index (χ0) is 19.1. The van der Waals surface area contributed by atoms with Crippen molar-refractivity contribution in [1.29, 1.82) is 0 Å². The highest BCUT2D eigenvalue weighted by molar-refractivity contribution is 6.53. The number of carbonyl (C=O) groups excluding carboxylic acids is 2. The second kappa shape index (κ2) is 6.72. The van der Waals surface area contributed by atoms with Gasteiger partial charge in [0.1, 0.15) is 10.7 Å². The van der Waals surface area contributed by atoms with Crippen molar-refractivity contribution in [3.63, 3.8) is 0 Å². The molecule has 1 aliphatic heterocycles. The van der Waals surface area contributed by atoms with Gasteiger partial charge in [0.2, 0.25) is 0 Å². The second-order valence-corrected chi connectivity index (χ2v) is 7.01. The number of rotatable bonds is 3. The van der Waals surface area contributed by atoms with Crippen LogP contribution in [0.5, 0.6) is 0 Å². The second-order valence-electron chi connectivity index (χ2n) is 6.22. The molecule has 0 fully saturated rings. The van der Waals surface area contributed by atoms with E-state index in [9.17, 15) is 9.59 Å². The van der Waals surface area contributed by atoms with E-state index in [4.69, 9.17) is 23.2 Å². The lowest BCUT2D eigenvalue weighted by Gasteiger charge is -2.17. The minimum atomic E-state index is -0.557. The third kappa shape index (κ3) is 2.97. The highest BCUT2D eigenvalue weighted by Gasteiger charge is 2.39. The molecule has 0 saturated heterocycles. The number of aryl methyl sites for hydroxylation is 1. The van der Waals surface area contributed by atoms with Crippen LogP contribution in [0.3, 0.4) is 0 Å². The van der Waals surface area contributed by atoms with Crippen molar-refractivity contribution in [1.82, 2.24) is 0 Å². The summed E-state index contributed by atoms with van der Waals surface area (Å²) < 4.78 is 0. The van der Waals surface area contributed by atoms with Gasteiger partial charge in [-0.1, -0.05) is 65.7 Å². The summed E-state index contributed by atoms with van der Waals surface area (Å²) in [5.41, 5.74) is 2.03. The van der Waals surface area contributed by atoms with Crippen molar-refractivity contribution in [2.45, 2.75) is 6.92 Å². The molecule has 0 aliphatic carbocycles. The van der Waals surface area contributed by atoms with E-state index in [1.165, 1.54) is 0 Å². The highest BCUT2D eigenvalue weighted by Crippen LogP contribution is 2.34. The topological polar surface area (TPSA) is 49.4 Å². The van der Waals surface area contributed by atoms with Gasteiger partial charge >= 0.3 is 0 Å². The van der Waals surface area contributed by atoms with Crippen LogP contribution in [0.2, 0.25) is 5.02 Å². The zero-order valence-corrected chi connectivity index (χ0v) is 15.8. The fraction of sp³-hybridized carbons (Fsp3) is 0.0476. The summed E-state index contributed by atoms with van der Waals surface area (Å²) in [7, 11) is 0. The maximum Gasteiger partial charge on any atom is 0.283 e. The number of carbonyl (C=O) groups is 2. The van der Waals surface area contributed by atoms with Gasteiger partial charge in [-0.25, -0.2) is 4.90 Å². The van der Waals surface area contributed by atoms with Gasteiger partial charge in [0.05, 0.1) is 5.69 Å². The van der Waals surface area contributed by atoms with Gasteiger partial charge in [-0.3, -0.25) is 9.59 Å². The van der Waals surface area contributed by atoms with Gasteiger partial charge in [0, 0.05) is 16.1 Å². The van der Waals surface area contributed by atoms with Gasteiger partial charge in [0.25, 0.3) is 11.8 Å². The summed E-state index contributed by atoms with van der Waals surface area (Å²) in [6, 6.07) is 18.3. The molecule has 0 saturated carbocycles. The number of hydrogen-bond donors (Lipinski definition) is 1. The molecule has 0 radical (unpaired) electrons. The van der Waals surface area contributed by atoms with E-state index in [2.05, 4.69) is 5.32 Å². The lowest BCUT2D eigenvalue weighted by molar-refractivity contribution is -0.120. The molecular weight excluding hydrogens is 383 g/mol. The molecule has 0 spiro atoms. The predicted octanol–water partition coefficient (Wildman–Crippen LogP) is 5.24. The zero-order valence-electron chi connectivity index (χ0n) is 14.3. The number of anilines is 2. The molecule has 134 valence electrons. The minimum Gasteiger partial charge on any atom is -0.350 e. The average Bonchev–Trinajstić information content (AvgIpc) is 2.88. The fourth-order valence-electron chi connectivity index (χ4n) is 3.05. The number of hydrogen-bond acceptors (Lipinski definition) is 3. The number of nitrogens with one attached hydrogen (secondary N) is 1. The van der Waals surface area contributed by atoms with Gasteiger partial charge in [0.15, 0.2) is 0 Å². The summed E-state index contributed by atoms with van der Waals surface area (Å²) >= 11 is 12.4.